The molecule has 4 rings (SSSR count). The second kappa shape index (κ2) is 10.3. The van der Waals surface area contributed by atoms with Crippen molar-refractivity contribution in [3.05, 3.63) is 83.3 Å². The molecule has 0 saturated carbocycles. The van der Waals surface area contributed by atoms with Crippen LogP contribution in [0.1, 0.15) is 48.2 Å². The summed E-state index contributed by atoms with van der Waals surface area (Å²) in [6.45, 7) is 0.553. The van der Waals surface area contributed by atoms with Gasteiger partial charge in [-0.3, -0.25) is 9.59 Å². The lowest BCUT2D eigenvalue weighted by Crippen LogP contribution is -2.48. The van der Waals surface area contributed by atoms with E-state index in [1.807, 2.05) is 30.3 Å². The molecule has 0 saturated heterocycles. The first-order valence-electron chi connectivity index (χ1n) is 11.2. The van der Waals surface area contributed by atoms with Crippen LogP contribution in [-0.2, 0) is 11.2 Å². The summed E-state index contributed by atoms with van der Waals surface area (Å²) >= 11 is 0. The number of fused-ring (bicyclic) bond motifs is 1. The van der Waals surface area contributed by atoms with Crippen molar-refractivity contribution in [3.63, 3.8) is 0 Å². The molecule has 1 heterocycles. The van der Waals surface area contributed by atoms with Crippen LogP contribution in [0.2, 0.25) is 0 Å². The molecule has 6 heteroatoms. The first-order valence-corrected chi connectivity index (χ1v) is 11.2. The minimum atomic E-state index is -0.714. The first-order chi connectivity index (χ1) is 15.6. The topological polar surface area (TPSA) is 74.0 Å². The van der Waals surface area contributed by atoms with E-state index in [0.717, 1.165) is 24.8 Å². The largest absolute Gasteiger partial charge is 0.354 e. The summed E-state index contributed by atoms with van der Waals surface area (Å²) in [5.41, 5.74) is 3.32. The Labute approximate surface area is 187 Å². The second-order valence-corrected chi connectivity index (χ2v) is 8.28. The van der Waals surface area contributed by atoms with Gasteiger partial charge < -0.3 is 15.6 Å². The SMILES string of the molecule is O=C(NC(Cc1ccccc1)C(=O)NCCC1=CCCCC1)c1cc2cc(F)ccc2[nH]1. The maximum absolute atomic E-state index is 13.5. The third kappa shape index (κ3) is 5.63. The Morgan fingerprint density at radius 3 is 2.69 bits per heavy atom. The molecule has 1 atom stereocenters. The van der Waals surface area contributed by atoms with Crippen molar-refractivity contribution >= 4 is 22.7 Å². The van der Waals surface area contributed by atoms with Crippen molar-refractivity contribution in [2.24, 2.45) is 0 Å². The lowest BCUT2D eigenvalue weighted by Gasteiger charge is -2.19. The minimum absolute atomic E-state index is 0.208. The van der Waals surface area contributed by atoms with E-state index in [1.165, 1.54) is 30.5 Å². The first kappa shape index (κ1) is 21.8. The van der Waals surface area contributed by atoms with Crippen LogP contribution in [0, 0.1) is 5.82 Å². The number of benzene rings is 2. The summed E-state index contributed by atoms with van der Waals surface area (Å²) in [6.07, 6.45) is 8.16. The molecule has 1 aromatic heterocycles. The number of allylic oxidation sites excluding steroid dienone is 1. The van der Waals surface area contributed by atoms with E-state index in [4.69, 9.17) is 0 Å². The smallest absolute Gasteiger partial charge is 0.268 e. The van der Waals surface area contributed by atoms with Crippen molar-refractivity contribution in [3.8, 4) is 0 Å². The molecular formula is C26H28FN3O2. The summed E-state index contributed by atoms with van der Waals surface area (Å²) in [5, 5.41) is 6.45. The third-order valence-electron chi connectivity index (χ3n) is 5.86. The third-order valence-corrected chi connectivity index (χ3v) is 5.86. The van der Waals surface area contributed by atoms with Gasteiger partial charge in [0.1, 0.15) is 17.6 Å². The number of rotatable bonds is 8. The van der Waals surface area contributed by atoms with E-state index in [-0.39, 0.29) is 11.7 Å². The second-order valence-electron chi connectivity index (χ2n) is 8.28. The predicted octanol–water partition coefficient (Wildman–Crippen LogP) is 4.65. The number of hydrogen-bond donors (Lipinski definition) is 3. The average Bonchev–Trinajstić information content (AvgIpc) is 3.23. The summed E-state index contributed by atoms with van der Waals surface area (Å²) in [6, 6.07) is 14.8. The number of H-pyrrole nitrogens is 1. The Kier molecular flexibility index (Phi) is 7.00. The molecule has 32 heavy (non-hydrogen) atoms. The molecule has 0 bridgehead atoms. The van der Waals surface area contributed by atoms with Gasteiger partial charge in [0, 0.05) is 23.9 Å². The van der Waals surface area contributed by atoms with Gasteiger partial charge in [0.15, 0.2) is 0 Å². The van der Waals surface area contributed by atoms with E-state index < -0.39 is 11.9 Å². The van der Waals surface area contributed by atoms with Gasteiger partial charge in [-0.05, 0) is 61.9 Å². The van der Waals surface area contributed by atoms with Crippen molar-refractivity contribution in [2.45, 2.75) is 44.6 Å². The lowest BCUT2D eigenvalue weighted by atomic mass is 9.97. The monoisotopic (exact) mass is 433 g/mol. The fourth-order valence-electron chi connectivity index (χ4n) is 4.12. The van der Waals surface area contributed by atoms with E-state index in [0.29, 0.717) is 29.6 Å². The summed E-state index contributed by atoms with van der Waals surface area (Å²) in [4.78, 5) is 28.9. The number of nitrogens with one attached hydrogen (secondary N) is 3. The molecular weight excluding hydrogens is 405 g/mol. The molecule has 1 aliphatic carbocycles. The van der Waals surface area contributed by atoms with Gasteiger partial charge >= 0.3 is 0 Å². The van der Waals surface area contributed by atoms with E-state index in [1.54, 1.807) is 12.1 Å². The van der Waals surface area contributed by atoms with E-state index in [9.17, 15) is 14.0 Å². The Morgan fingerprint density at radius 2 is 1.91 bits per heavy atom. The summed E-state index contributed by atoms with van der Waals surface area (Å²) < 4.78 is 13.5. The van der Waals surface area contributed by atoms with Crippen molar-refractivity contribution in [2.75, 3.05) is 6.54 Å². The lowest BCUT2D eigenvalue weighted by molar-refractivity contribution is -0.122. The number of aromatic amines is 1. The molecule has 2 amide bonds. The van der Waals surface area contributed by atoms with Crippen LogP contribution >= 0.6 is 0 Å². The molecule has 0 spiro atoms. The van der Waals surface area contributed by atoms with Gasteiger partial charge in [0.05, 0.1) is 0 Å². The quantitative estimate of drug-likeness (QED) is 0.452. The Morgan fingerprint density at radius 1 is 1.06 bits per heavy atom. The van der Waals surface area contributed by atoms with Gasteiger partial charge in [-0.25, -0.2) is 4.39 Å². The highest BCUT2D eigenvalue weighted by atomic mass is 19.1. The van der Waals surface area contributed by atoms with Crippen LogP contribution in [0.5, 0.6) is 0 Å². The van der Waals surface area contributed by atoms with Gasteiger partial charge in [-0.15, -0.1) is 0 Å². The van der Waals surface area contributed by atoms with Crippen LogP contribution in [0.4, 0.5) is 4.39 Å². The zero-order chi connectivity index (χ0) is 22.3. The van der Waals surface area contributed by atoms with Crippen LogP contribution in [0.25, 0.3) is 10.9 Å². The summed E-state index contributed by atoms with van der Waals surface area (Å²) in [5.74, 6) is -0.966. The predicted molar refractivity (Wildman–Crippen MR) is 124 cm³/mol. The van der Waals surface area contributed by atoms with Gasteiger partial charge in [-0.2, -0.15) is 0 Å². The van der Waals surface area contributed by atoms with Crippen LogP contribution in [0.3, 0.4) is 0 Å². The zero-order valence-electron chi connectivity index (χ0n) is 18.0. The van der Waals surface area contributed by atoms with Crippen molar-refractivity contribution in [1.82, 2.24) is 15.6 Å². The molecule has 1 unspecified atom stereocenters. The Bertz CT molecular complexity index is 1120. The molecule has 2 aromatic carbocycles. The normalized spacial score (nSPS) is 14.6. The Hall–Kier alpha value is -3.41. The highest BCUT2D eigenvalue weighted by Gasteiger charge is 2.23. The number of amides is 2. The van der Waals surface area contributed by atoms with Gasteiger partial charge in [-0.1, -0.05) is 42.0 Å². The van der Waals surface area contributed by atoms with Crippen molar-refractivity contribution < 1.29 is 14.0 Å². The standard InChI is InChI=1S/C26H28FN3O2/c27-21-11-12-22-20(16-21)17-24(29-22)26(32)30-23(15-19-9-5-2-6-10-19)25(31)28-14-13-18-7-3-1-4-8-18/h2,5-7,9-12,16-17,23,29H,1,3-4,8,13-15H2,(H,28,31)(H,30,32). The molecule has 5 nitrogen and oxygen atoms in total. The highest BCUT2D eigenvalue weighted by molar-refractivity contribution is 6.00. The van der Waals surface area contributed by atoms with E-state index >= 15 is 0 Å². The molecule has 3 aromatic rings. The maximum Gasteiger partial charge on any atom is 0.268 e. The van der Waals surface area contributed by atoms with Gasteiger partial charge in [0.25, 0.3) is 5.91 Å². The average molecular weight is 434 g/mol. The van der Waals surface area contributed by atoms with Crippen LogP contribution < -0.4 is 10.6 Å². The fraction of sp³-hybridized carbons (Fsp3) is 0.308. The van der Waals surface area contributed by atoms with Crippen LogP contribution in [0.15, 0.2) is 66.2 Å². The number of carbonyl (C=O) groups is 2. The van der Waals surface area contributed by atoms with Gasteiger partial charge in [0.2, 0.25) is 5.91 Å². The molecule has 1 aliphatic rings. The molecule has 0 aliphatic heterocycles. The Balaban J connectivity index is 1.44. The minimum Gasteiger partial charge on any atom is -0.354 e. The number of aromatic nitrogens is 1. The molecule has 3 N–H and O–H groups in total. The number of halogens is 1. The molecule has 0 radical (unpaired) electrons. The van der Waals surface area contributed by atoms with Crippen LogP contribution in [-0.4, -0.2) is 29.4 Å². The number of carbonyl (C=O) groups excluding carboxylic acids is 2. The molecule has 166 valence electrons. The van der Waals surface area contributed by atoms with E-state index in [2.05, 4.69) is 21.7 Å². The maximum atomic E-state index is 13.5. The zero-order valence-corrected chi connectivity index (χ0v) is 18.0. The molecule has 0 fully saturated rings. The summed E-state index contributed by atoms with van der Waals surface area (Å²) in [7, 11) is 0. The fourth-order valence-corrected chi connectivity index (χ4v) is 4.12. The number of hydrogen-bond acceptors (Lipinski definition) is 2. The highest BCUT2D eigenvalue weighted by Crippen LogP contribution is 2.19. The van der Waals surface area contributed by atoms with Crippen molar-refractivity contribution in [1.29, 1.82) is 0 Å².